The molecule has 1 amide bonds. The second-order valence-electron chi connectivity index (χ2n) is 4.24. The monoisotopic (exact) mass is 339 g/mol. The van der Waals surface area contributed by atoms with E-state index in [1.165, 1.54) is 12.1 Å². The molecule has 0 bridgehead atoms. The number of carbonyl (C=O) groups is 1. The lowest BCUT2D eigenvalue weighted by molar-refractivity contribution is 0.0946. The lowest BCUT2D eigenvalue weighted by Gasteiger charge is -2.07. The lowest BCUT2D eigenvalue weighted by Crippen LogP contribution is -2.24. The van der Waals surface area contributed by atoms with Gasteiger partial charge in [0.1, 0.15) is 0 Å². The third-order valence-electron chi connectivity index (χ3n) is 2.79. The van der Waals surface area contributed by atoms with E-state index in [9.17, 15) is 13.6 Å². The fourth-order valence-corrected chi connectivity index (χ4v) is 2.13. The molecule has 0 saturated carbocycles. The molecule has 0 aromatic heterocycles. The van der Waals surface area contributed by atoms with E-state index in [1.807, 2.05) is 24.3 Å². The van der Waals surface area contributed by atoms with Crippen molar-refractivity contribution < 1.29 is 13.6 Å². The highest BCUT2D eigenvalue weighted by Crippen LogP contribution is 2.12. The van der Waals surface area contributed by atoms with Gasteiger partial charge in [0.25, 0.3) is 5.91 Å². The van der Waals surface area contributed by atoms with Crippen molar-refractivity contribution in [3.63, 3.8) is 0 Å². The number of amides is 1. The first-order valence-corrected chi connectivity index (χ1v) is 7.10. The summed E-state index contributed by atoms with van der Waals surface area (Å²) in [6.45, 7) is 0.260. The minimum absolute atomic E-state index is 0.260. The predicted molar refractivity (Wildman–Crippen MR) is 76.6 cm³/mol. The molecular weight excluding hydrogens is 328 g/mol. The highest BCUT2D eigenvalue weighted by molar-refractivity contribution is 9.08. The van der Waals surface area contributed by atoms with E-state index < -0.39 is 17.5 Å². The van der Waals surface area contributed by atoms with Gasteiger partial charge in [0.2, 0.25) is 0 Å². The van der Waals surface area contributed by atoms with Crippen LogP contribution in [-0.4, -0.2) is 5.91 Å². The molecule has 0 unspecified atom stereocenters. The number of hydrogen-bond acceptors (Lipinski definition) is 1. The number of nitrogens with one attached hydrogen (secondary N) is 1. The maximum atomic E-state index is 13.5. The normalized spacial score (nSPS) is 10.3. The third-order valence-corrected chi connectivity index (χ3v) is 3.44. The van der Waals surface area contributed by atoms with Crippen LogP contribution in [0.5, 0.6) is 0 Å². The molecule has 0 atom stereocenters. The van der Waals surface area contributed by atoms with Crippen molar-refractivity contribution in [1.29, 1.82) is 0 Å². The van der Waals surface area contributed by atoms with Gasteiger partial charge in [-0.25, -0.2) is 8.78 Å². The smallest absolute Gasteiger partial charge is 0.254 e. The molecule has 104 valence electrons. The Morgan fingerprint density at radius 2 is 1.80 bits per heavy atom. The first-order chi connectivity index (χ1) is 9.61. The van der Waals surface area contributed by atoms with Crippen LogP contribution in [0.1, 0.15) is 21.5 Å². The van der Waals surface area contributed by atoms with Gasteiger partial charge in [0, 0.05) is 11.9 Å². The molecule has 0 spiro atoms. The van der Waals surface area contributed by atoms with Gasteiger partial charge in [0.15, 0.2) is 11.6 Å². The summed E-state index contributed by atoms with van der Waals surface area (Å²) in [5, 5.41) is 3.29. The maximum Gasteiger partial charge on any atom is 0.254 e. The molecule has 20 heavy (non-hydrogen) atoms. The summed E-state index contributed by atoms with van der Waals surface area (Å²) in [7, 11) is 0. The minimum Gasteiger partial charge on any atom is -0.348 e. The number of benzene rings is 2. The van der Waals surface area contributed by atoms with E-state index in [4.69, 9.17) is 0 Å². The van der Waals surface area contributed by atoms with Crippen molar-refractivity contribution >= 4 is 21.8 Å². The van der Waals surface area contributed by atoms with Crippen molar-refractivity contribution in [2.45, 2.75) is 11.9 Å². The molecule has 2 nitrogen and oxygen atoms in total. The van der Waals surface area contributed by atoms with Crippen molar-refractivity contribution in [2.24, 2.45) is 0 Å². The summed E-state index contributed by atoms with van der Waals surface area (Å²) in [6.07, 6.45) is 0. The van der Waals surface area contributed by atoms with Gasteiger partial charge < -0.3 is 5.32 Å². The molecule has 0 radical (unpaired) electrons. The molecule has 2 rings (SSSR count). The molecule has 0 aliphatic rings. The van der Waals surface area contributed by atoms with Crippen LogP contribution in [0.2, 0.25) is 0 Å². The van der Waals surface area contributed by atoms with Gasteiger partial charge >= 0.3 is 0 Å². The van der Waals surface area contributed by atoms with Crippen LogP contribution >= 0.6 is 15.9 Å². The summed E-state index contributed by atoms with van der Waals surface area (Å²) < 4.78 is 26.5. The van der Waals surface area contributed by atoms with Crippen LogP contribution in [0.4, 0.5) is 8.78 Å². The van der Waals surface area contributed by atoms with E-state index in [0.717, 1.165) is 17.2 Å². The largest absolute Gasteiger partial charge is 0.348 e. The zero-order valence-corrected chi connectivity index (χ0v) is 12.1. The number of hydrogen-bond donors (Lipinski definition) is 1. The number of halogens is 3. The minimum atomic E-state index is -1.13. The van der Waals surface area contributed by atoms with Crippen molar-refractivity contribution in [2.75, 3.05) is 0 Å². The highest BCUT2D eigenvalue weighted by Gasteiger charge is 2.14. The Bertz CT molecular complexity index is 631. The Balaban J connectivity index is 2.06. The maximum absolute atomic E-state index is 13.5. The zero-order valence-electron chi connectivity index (χ0n) is 10.5. The molecule has 0 aliphatic carbocycles. The van der Waals surface area contributed by atoms with Crippen LogP contribution in [0.15, 0.2) is 42.5 Å². The van der Waals surface area contributed by atoms with Crippen LogP contribution in [0.3, 0.4) is 0 Å². The summed E-state index contributed by atoms with van der Waals surface area (Å²) in [6, 6.07) is 11.1. The second kappa shape index (κ2) is 6.61. The summed E-state index contributed by atoms with van der Waals surface area (Å²) >= 11 is 3.35. The average Bonchev–Trinajstić information content (AvgIpc) is 2.48. The van der Waals surface area contributed by atoms with Crippen molar-refractivity contribution in [3.05, 3.63) is 70.8 Å². The summed E-state index contributed by atoms with van der Waals surface area (Å²) in [5.41, 5.74) is 1.68. The van der Waals surface area contributed by atoms with Crippen molar-refractivity contribution in [1.82, 2.24) is 5.32 Å². The summed E-state index contributed by atoms with van der Waals surface area (Å²) in [4.78, 5) is 11.8. The molecule has 0 saturated heterocycles. The fraction of sp³-hybridized carbons (Fsp3) is 0.133. The van der Waals surface area contributed by atoms with Gasteiger partial charge in [-0.05, 0) is 23.3 Å². The Morgan fingerprint density at radius 1 is 1.10 bits per heavy atom. The van der Waals surface area contributed by atoms with Gasteiger partial charge in [0.05, 0.1) is 5.56 Å². The standard InChI is InChI=1S/C15H12BrF2NO/c16-8-10-3-1-4-11(7-10)9-19-15(20)12-5-2-6-13(17)14(12)18/h1-7H,8-9H2,(H,19,20). The van der Waals surface area contributed by atoms with E-state index >= 15 is 0 Å². The summed E-state index contributed by atoms with van der Waals surface area (Å²) in [5.74, 6) is -2.79. The highest BCUT2D eigenvalue weighted by atomic mass is 79.9. The Morgan fingerprint density at radius 3 is 2.55 bits per heavy atom. The van der Waals surface area contributed by atoms with Gasteiger partial charge in [-0.15, -0.1) is 0 Å². The van der Waals surface area contributed by atoms with Gasteiger partial charge in [-0.3, -0.25) is 4.79 Å². The zero-order chi connectivity index (χ0) is 14.5. The first kappa shape index (κ1) is 14.7. The van der Waals surface area contributed by atoms with E-state index in [-0.39, 0.29) is 12.1 Å². The van der Waals surface area contributed by atoms with Gasteiger partial charge in [-0.2, -0.15) is 0 Å². The van der Waals surface area contributed by atoms with E-state index in [2.05, 4.69) is 21.2 Å². The average molecular weight is 340 g/mol. The first-order valence-electron chi connectivity index (χ1n) is 5.98. The van der Waals surface area contributed by atoms with E-state index in [0.29, 0.717) is 5.33 Å². The van der Waals surface area contributed by atoms with Gasteiger partial charge in [-0.1, -0.05) is 46.3 Å². The van der Waals surface area contributed by atoms with E-state index in [1.54, 1.807) is 0 Å². The SMILES string of the molecule is O=C(NCc1cccc(CBr)c1)c1cccc(F)c1F. The second-order valence-corrected chi connectivity index (χ2v) is 4.80. The van der Waals surface area contributed by atoms with Crippen LogP contribution in [0.25, 0.3) is 0 Å². The van der Waals surface area contributed by atoms with Crippen LogP contribution in [-0.2, 0) is 11.9 Å². The molecule has 2 aromatic rings. The quantitative estimate of drug-likeness (QED) is 0.843. The number of carbonyl (C=O) groups excluding carboxylic acids is 1. The molecule has 5 heteroatoms. The molecule has 0 heterocycles. The lowest BCUT2D eigenvalue weighted by atomic mass is 10.1. The predicted octanol–water partition coefficient (Wildman–Crippen LogP) is 3.79. The fourth-order valence-electron chi connectivity index (χ4n) is 1.78. The Labute approximate surface area is 123 Å². The molecule has 2 aromatic carbocycles. The Kier molecular flexibility index (Phi) is 4.84. The third kappa shape index (κ3) is 3.42. The molecular formula is C15H12BrF2NO. The molecule has 1 N–H and O–H groups in total. The topological polar surface area (TPSA) is 29.1 Å². The number of rotatable bonds is 4. The molecule has 0 fully saturated rings. The Hall–Kier alpha value is -1.75. The van der Waals surface area contributed by atoms with Crippen LogP contribution < -0.4 is 5.32 Å². The molecule has 0 aliphatic heterocycles. The van der Waals surface area contributed by atoms with Crippen molar-refractivity contribution in [3.8, 4) is 0 Å². The van der Waals surface area contributed by atoms with Crippen LogP contribution in [0, 0.1) is 11.6 Å². The number of alkyl halides is 1.